The Morgan fingerprint density at radius 1 is 1.44 bits per heavy atom. The second-order valence-corrected chi connectivity index (χ2v) is 5.14. The summed E-state index contributed by atoms with van der Waals surface area (Å²) >= 11 is 1.36. The molecule has 18 heavy (non-hydrogen) atoms. The molecule has 1 rings (SSSR count). The van der Waals surface area contributed by atoms with Crippen molar-refractivity contribution in [2.75, 3.05) is 18.8 Å². The van der Waals surface area contributed by atoms with Gasteiger partial charge in [0.2, 0.25) is 5.91 Å². The Morgan fingerprint density at radius 2 is 2.11 bits per heavy atom. The van der Waals surface area contributed by atoms with E-state index in [4.69, 9.17) is 0 Å². The molecule has 0 aliphatic carbocycles. The van der Waals surface area contributed by atoms with Crippen molar-refractivity contribution in [3.05, 3.63) is 36.4 Å². The zero-order chi connectivity index (χ0) is 13.5. The summed E-state index contributed by atoms with van der Waals surface area (Å²) in [6.45, 7) is 8.94. The van der Waals surface area contributed by atoms with Gasteiger partial charge in [0.15, 0.2) is 0 Å². The minimum absolute atomic E-state index is 0.0637. The van der Waals surface area contributed by atoms with E-state index in [2.05, 4.69) is 6.58 Å². The van der Waals surface area contributed by atoms with Crippen molar-refractivity contribution in [1.82, 2.24) is 4.90 Å². The van der Waals surface area contributed by atoms with Gasteiger partial charge in [0.05, 0.1) is 5.75 Å². The van der Waals surface area contributed by atoms with E-state index < -0.39 is 0 Å². The van der Waals surface area contributed by atoms with Gasteiger partial charge in [-0.15, -0.1) is 11.8 Å². The van der Waals surface area contributed by atoms with Crippen molar-refractivity contribution in [2.24, 2.45) is 0 Å². The van der Waals surface area contributed by atoms with Crippen molar-refractivity contribution >= 4 is 17.7 Å². The Morgan fingerprint density at radius 3 is 2.67 bits per heavy atom. The maximum Gasteiger partial charge on any atom is 0.233 e. The average Bonchev–Trinajstić information content (AvgIpc) is 2.34. The van der Waals surface area contributed by atoms with Crippen molar-refractivity contribution in [1.29, 1.82) is 0 Å². The number of hydrogen-bond donors (Lipinski definition) is 1. The van der Waals surface area contributed by atoms with Crippen LogP contribution in [0.15, 0.2) is 41.3 Å². The molecule has 0 atom stereocenters. The van der Waals surface area contributed by atoms with Gasteiger partial charge in [-0.25, -0.2) is 0 Å². The minimum Gasteiger partial charge on any atom is -0.507 e. The number of carbonyl (C=O) groups excluding carboxylic acids is 1. The summed E-state index contributed by atoms with van der Waals surface area (Å²) < 4.78 is 0. The summed E-state index contributed by atoms with van der Waals surface area (Å²) in [4.78, 5) is 14.5. The first-order valence-corrected chi connectivity index (χ1v) is 6.86. The van der Waals surface area contributed by atoms with Crippen LogP contribution in [0.3, 0.4) is 0 Å². The van der Waals surface area contributed by atoms with E-state index in [0.29, 0.717) is 18.8 Å². The normalized spacial score (nSPS) is 10.1. The number of amides is 1. The molecule has 1 amide bonds. The van der Waals surface area contributed by atoms with E-state index in [1.807, 2.05) is 26.0 Å². The highest BCUT2D eigenvalue weighted by Gasteiger charge is 2.12. The lowest BCUT2D eigenvalue weighted by Crippen LogP contribution is -2.33. The number of nitrogens with zero attached hydrogens (tertiary/aromatic N) is 1. The number of phenols is 1. The Kier molecular flexibility index (Phi) is 5.78. The lowest BCUT2D eigenvalue weighted by atomic mass is 10.3. The van der Waals surface area contributed by atoms with E-state index in [1.54, 1.807) is 17.0 Å². The Hall–Kier alpha value is -1.42. The van der Waals surface area contributed by atoms with Gasteiger partial charge in [-0.05, 0) is 26.0 Å². The Labute approximate surface area is 113 Å². The summed E-state index contributed by atoms with van der Waals surface area (Å²) in [6, 6.07) is 7.04. The molecule has 0 heterocycles. The standard InChI is InChI=1S/C14H19NO2S/c1-4-15(9-11(2)3)14(17)10-18-13-8-6-5-7-12(13)16/h5-8,16H,2,4,9-10H2,1,3H3. The Balaban J connectivity index is 2.54. The van der Waals surface area contributed by atoms with Gasteiger partial charge in [-0.3, -0.25) is 4.79 Å². The topological polar surface area (TPSA) is 40.5 Å². The van der Waals surface area contributed by atoms with Crippen molar-refractivity contribution < 1.29 is 9.90 Å². The van der Waals surface area contributed by atoms with Crippen LogP contribution >= 0.6 is 11.8 Å². The summed E-state index contributed by atoms with van der Waals surface area (Å²) in [5.74, 6) is 0.616. The minimum atomic E-state index is 0.0637. The van der Waals surface area contributed by atoms with E-state index in [9.17, 15) is 9.90 Å². The first-order chi connectivity index (χ1) is 8.54. The molecule has 98 valence electrons. The molecular weight excluding hydrogens is 246 g/mol. The van der Waals surface area contributed by atoms with Crippen LogP contribution in [0.4, 0.5) is 0 Å². The van der Waals surface area contributed by atoms with E-state index in [-0.39, 0.29) is 11.7 Å². The van der Waals surface area contributed by atoms with Crippen LogP contribution in [0.5, 0.6) is 5.75 Å². The summed E-state index contributed by atoms with van der Waals surface area (Å²) in [6.07, 6.45) is 0. The summed E-state index contributed by atoms with van der Waals surface area (Å²) in [5, 5.41) is 9.60. The number of rotatable bonds is 6. The summed E-state index contributed by atoms with van der Waals surface area (Å²) in [7, 11) is 0. The highest BCUT2D eigenvalue weighted by molar-refractivity contribution is 8.00. The van der Waals surface area contributed by atoms with Gasteiger partial charge in [0.25, 0.3) is 0 Å². The number of para-hydroxylation sites is 1. The van der Waals surface area contributed by atoms with Gasteiger partial charge >= 0.3 is 0 Å². The number of hydrogen-bond acceptors (Lipinski definition) is 3. The van der Waals surface area contributed by atoms with Gasteiger partial charge in [-0.1, -0.05) is 24.3 Å². The first kappa shape index (κ1) is 14.6. The van der Waals surface area contributed by atoms with Gasteiger partial charge in [-0.2, -0.15) is 0 Å². The van der Waals surface area contributed by atoms with Gasteiger partial charge in [0, 0.05) is 18.0 Å². The van der Waals surface area contributed by atoms with E-state index in [1.165, 1.54) is 11.8 Å². The van der Waals surface area contributed by atoms with Gasteiger partial charge < -0.3 is 10.0 Å². The molecule has 0 bridgehead atoms. The number of aromatic hydroxyl groups is 1. The molecular formula is C14H19NO2S. The van der Waals surface area contributed by atoms with Crippen LogP contribution in [-0.2, 0) is 4.79 Å². The number of likely N-dealkylation sites (N-methyl/N-ethyl adjacent to an activating group) is 1. The first-order valence-electron chi connectivity index (χ1n) is 5.87. The third-order valence-electron chi connectivity index (χ3n) is 2.41. The molecule has 1 aromatic rings. The van der Waals surface area contributed by atoms with Crippen LogP contribution in [0.1, 0.15) is 13.8 Å². The van der Waals surface area contributed by atoms with Crippen LogP contribution in [0.25, 0.3) is 0 Å². The smallest absolute Gasteiger partial charge is 0.233 e. The molecule has 0 aromatic heterocycles. The lowest BCUT2D eigenvalue weighted by molar-refractivity contribution is -0.127. The van der Waals surface area contributed by atoms with Crippen LogP contribution < -0.4 is 0 Å². The fourth-order valence-corrected chi connectivity index (χ4v) is 2.36. The van der Waals surface area contributed by atoms with Gasteiger partial charge in [0.1, 0.15) is 5.75 Å². The van der Waals surface area contributed by atoms with Crippen molar-refractivity contribution in [3.63, 3.8) is 0 Å². The molecule has 4 heteroatoms. The van der Waals surface area contributed by atoms with Crippen LogP contribution in [-0.4, -0.2) is 34.8 Å². The van der Waals surface area contributed by atoms with E-state index >= 15 is 0 Å². The molecule has 0 radical (unpaired) electrons. The molecule has 1 aromatic carbocycles. The third kappa shape index (κ3) is 4.45. The van der Waals surface area contributed by atoms with Crippen molar-refractivity contribution in [3.8, 4) is 5.75 Å². The maximum absolute atomic E-state index is 12.0. The molecule has 0 fully saturated rings. The maximum atomic E-state index is 12.0. The molecule has 0 aliphatic heterocycles. The molecule has 3 nitrogen and oxygen atoms in total. The molecule has 0 aliphatic rings. The van der Waals surface area contributed by atoms with Crippen LogP contribution in [0.2, 0.25) is 0 Å². The molecule has 0 unspecified atom stereocenters. The molecule has 0 saturated carbocycles. The number of phenolic OH excluding ortho intramolecular Hbond substituents is 1. The summed E-state index contributed by atoms with van der Waals surface area (Å²) in [5.41, 5.74) is 0.970. The molecule has 1 N–H and O–H groups in total. The SMILES string of the molecule is C=C(C)CN(CC)C(=O)CSc1ccccc1O. The third-order valence-corrected chi connectivity index (χ3v) is 3.46. The Bertz CT molecular complexity index is 432. The number of thioether (sulfide) groups is 1. The predicted molar refractivity (Wildman–Crippen MR) is 75.9 cm³/mol. The van der Waals surface area contributed by atoms with Crippen LogP contribution in [0, 0.1) is 0 Å². The fraction of sp³-hybridized carbons (Fsp3) is 0.357. The molecule has 0 saturated heterocycles. The quantitative estimate of drug-likeness (QED) is 0.635. The zero-order valence-corrected chi connectivity index (χ0v) is 11.7. The van der Waals surface area contributed by atoms with Crippen molar-refractivity contribution in [2.45, 2.75) is 18.7 Å². The second-order valence-electron chi connectivity index (χ2n) is 4.12. The highest BCUT2D eigenvalue weighted by Crippen LogP contribution is 2.27. The number of carbonyl (C=O) groups is 1. The largest absolute Gasteiger partial charge is 0.507 e. The predicted octanol–water partition coefficient (Wildman–Crippen LogP) is 2.91. The zero-order valence-electron chi connectivity index (χ0n) is 10.8. The molecule has 0 spiro atoms. The monoisotopic (exact) mass is 265 g/mol. The second kappa shape index (κ2) is 7.11. The fourth-order valence-electron chi connectivity index (χ4n) is 1.51. The lowest BCUT2D eigenvalue weighted by Gasteiger charge is -2.20. The van der Waals surface area contributed by atoms with E-state index in [0.717, 1.165) is 10.5 Å². The average molecular weight is 265 g/mol. The number of benzene rings is 1. The highest BCUT2D eigenvalue weighted by atomic mass is 32.2.